The lowest BCUT2D eigenvalue weighted by Crippen LogP contribution is -2.26. The first-order valence-corrected chi connectivity index (χ1v) is 11.3. The molecule has 2 aromatic carbocycles. The predicted octanol–water partition coefficient (Wildman–Crippen LogP) is 5.05. The highest BCUT2D eigenvalue weighted by atomic mass is 32.1. The molecule has 1 heterocycles. The molecule has 1 saturated carbocycles. The van der Waals surface area contributed by atoms with Crippen LogP contribution < -0.4 is 15.4 Å². The third-order valence-electron chi connectivity index (χ3n) is 5.12. The molecule has 1 aromatic heterocycles. The number of benzene rings is 2. The molecule has 1 fully saturated rings. The maximum Gasteiger partial charge on any atom is 0.271 e. The minimum Gasteiger partial charge on any atom is -0.494 e. The average molecular weight is 436 g/mol. The van der Waals surface area contributed by atoms with E-state index in [4.69, 9.17) is 4.74 Å². The van der Waals surface area contributed by atoms with Crippen LogP contribution in [-0.2, 0) is 4.79 Å². The van der Waals surface area contributed by atoms with Gasteiger partial charge >= 0.3 is 0 Å². The molecule has 6 nitrogen and oxygen atoms in total. The molecule has 0 spiro atoms. The van der Waals surface area contributed by atoms with Gasteiger partial charge in [-0.3, -0.25) is 9.59 Å². The first kappa shape index (κ1) is 21.1. The second-order valence-corrected chi connectivity index (χ2v) is 8.43. The molecule has 1 aliphatic carbocycles. The van der Waals surface area contributed by atoms with Gasteiger partial charge in [0.2, 0.25) is 5.91 Å². The fraction of sp³-hybridized carbons (Fsp3) is 0.292. The van der Waals surface area contributed by atoms with Crippen LogP contribution in [0.15, 0.2) is 53.9 Å². The van der Waals surface area contributed by atoms with Crippen molar-refractivity contribution in [1.82, 2.24) is 10.3 Å². The highest BCUT2D eigenvalue weighted by molar-refractivity contribution is 7.13. The van der Waals surface area contributed by atoms with Gasteiger partial charge < -0.3 is 15.4 Å². The molecule has 7 heteroatoms. The van der Waals surface area contributed by atoms with Crippen LogP contribution in [0.3, 0.4) is 0 Å². The van der Waals surface area contributed by atoms with Crippen molar-refractivity contribution in [1.29, 1.82) is 0 Å². The molecular weight excluding hydrogens is 410 g/mol. The number of hydrogen-bond donors (Lipinski definition) is 2. The highest BCUT2D eigenvalue weighted by Crippen LogP contribution is 2.30. The number of aromatic nitrogens is 1. The second kappa shape index (κ2) is 9.31. The van der Waals surface area contributed by atoms with Gasteiger partial charge in [0.05, 0.1) is 12.6 Å². The number of carbonyl (C=O) groups excluding carboxylic acids is 2. The predicted molar refractivity (Wildman–Crippen MR) is 122 cm³/mol. The molecule has 0 bridgehead atoms. The summed E-state index contributed by atoms with van der Waals surface area (Å²) in [4.78, 5) is 29.0. The van der Waals surface area contributed by atoms with Gasteiger partial charge in [-0.1, -0.05) is 12.1 Å². The van der Waals surface area contributed by atoms with Crippen LogP contribution in [-0.4, -0.2) is 23.4 Å². The number of hydrogen-bond acceptors (Lipinski definition) is 5. The summed E-state index contributed by atoms with van der Waals surface area (Å²) in [6.45, 7) is 4.49. The fourth-order valence-corrected chi connectivity index (χ4v) is 3.98. The zero-order valence-corrected chi connectivity index (χ0v) is 18.4. The molecule has 0 aliphatic heterocycles. The smallest absolute Gasteiger partial charge is 0.271 e. The quantitative estimate of drug-likeness (QED) is 0.519. The molecule has 1 atom stereocenters. The minimum absolute atomic E-state index is 0.0842. The van der Waals surface area contributed by atoms with Crippen LogP contribution in [0.2, 0.25) is 0 Å². The van der Waals surface area contributed by atoms with Crippen LogP contribution in [0, 0.1) is 5.92 Å². The van der Waals surface area contributed by atoms with Crippen LogP contribution in [0.1, 0.15) is 48.8 Å². The molecule has 0 saturated heterocycles. The maximum absolute atomic E-state index is 12.7. The first-order chi connectivity index (χ1) is 15.0. The summed E-state index contributed by atoms with van der Waals surface area (Å²) in [6, 6.07) is 15.1. The van der Waals surface area contributed by atoms with Gasteiger partial charge in [0.25, 0.3) is 5.91 Å². The van der Waals surface area contributed by atoms with Crippen LogP contribution in [0.25, 0.3) is 10.6 Å². The standard InChI is InChI=1S/C24H25N3O3S/c1-3-30-20-12-8-18(9-13-20)24-27-21(14-31-24)23(29)25-15(2)16-6-10-19(11-7-16)26-22(28)17-4-5-17/h6-15,17H,3-5H2,1-2H3,(H,25,29)(H,26,28). The Hall–Kier alpha value is -3.19. The summed E-state index contributed by atoms with van der Waals surface area (Å²) >= 11 is 1.44. The number of rotatable bonds is 8. The van der Waals surface area contributed by atoms with Crippen molar-refractivity contribution in [2.45, 2.75) is 32.7 Å². The van der Waals surface area contributed by atoms with E-state index in [1.54, 1.807) is 5.38 Å². The Morgan fingerprint density at radius 1 is 1.13 bits per heavy atom. The Kier molecular flexibility index (Phi) is 6.32. The van der Waals surface area contributed by atoms with Crippen molar-refractivity contribution in [3.05, 3.63) is 65.2 Å². The lowest BCUT2D eigenvalue weighted by atomic mass is 10.1. The fourth-order valence-electron chi connectivity index (χ4n) is 3.17. The Morgan fingerprint density at radius 3 is 2.48 bits per heavy atom. The number of nitrogens with one attached hydrogen (secondary N) is 2. The highest BCUT2D eigenvalue weighted by Gasteiger charge is 2.29. The summed E-state index contributed by atoms with van der Waals surface area (Å²) in [7, 11) is 0. The Bertz CT molecular complexity index is 1060. The first-order valence-electron chi connectivity index (χ1n) is 10.4. The van der Waals surface area contributed by atoms with E-state index in [2.05, 4.69) is 15.6 Å². The van der Waals surface area contributed by atoms with E-state index in [0.717, 1.165) is 40.4 Å². The van der Waals surface area contributed by atoms with Crippen molar-refractivity contribution in [2.24, 2.45) is 5.92 Å². The molecule has 160 valence electrons. The molecule has 3 aromatic rings. The summed E-state index contributed by atoms with van der Waals surface area (Å²) in [5, 5.41) is 8.47. The number of thiazole rings is 1. The minimum atomic E-state index is -0.216. The van der Waals surface area contributed by atoms with Crippen molar-refractivity contribution in [2.75, 3.05) is 11.9 Å². The molecule has 1 unspecified atom stereocenters. The van der Waals surface area contributed by atoms with Gasteiger partial charge in [-0.2, -0.15) is 0 Å². The number of carbonyl (C=O) groups is 2. The zero-order chi connectivity index (χ0) is 21.8. The SMILES string of the molecule is CCOc1ccc(-c2nc(C(=O)NC(C)c3ccc(NC(=O)C4CC4)cc3)cs2)cc1. The van der Waals surface area contributed by atoms with Gasteiger partial charge in [-0.25, -0.2) is 4.98 Å². The lowest BCUT2D eigenvalue weighted by molar-refractivity contribution is -0.117. The monoisotopic (exact) mass is 435 g/mol. The average Bonchev–Trinajstić information content (AvgIpc) is 3.52. The third kappa shape index (κ3) is 5.30. The Labute approximate surface area is 185 Å². The van der Waals surface area contributed by atoms with E-state index < -0.39 is 0 Å². The topological polar surface area (TPSA) is 80.3 Å². The van der Waals surface area contributed by atoms with Gasteiger partial charge in [-0.05, 0) is 68.7 Å². The van der Waals surface area contributed by atoms with Crippen molar-refractivity contribution >= 4 is 28.8 Å². The van der Waals surface area contributed by atoms with E-state index in [-0.39, 0.29) is 23.8 Å². The number of anilines is 1. The molecule has 1 aliphatic rings. The van der Waals surface area contributed by atoms with Gasteiger partial charge in [0.1, 0.15) is 16.5 Å². The molecule has 2 N–H and O–H groups in total. The van der Waals surface area contributed by atoms with E-state index in [9.17, 15) is 9.59 Å². The normalized spacial score (nSPS) is 14.0. The second-order valence-electron chi connectivity index (χ2n) is 7.58. The largest absolute Gasteiger partial charge is 0.494 e. The van der Waals surface area contributed by atoms with Gasteiger partial charge in [0, 0.05) is 22.5 Å². The molecule has 4 rings (SSSR count). The van der Waals surface area contributed by atoms with Crippen molar-refractivity contribution < 1.29 is 14.3 Å². The third-order valence-corrected chi connectivity index (χ3v) is 6.01. The van der Waals surface area contributed by atoms with Crippen molar-refractivity contribution in [3.63, 3.8) is 0 Å². The number of amides is 2. The van der Waals surface area contributed by atoms with E-state index in [0.29, 0.717) is 12.3 Å². The maximum atomic E-state index is 12.7. The van der Waals surface area contributed by atoms with Crippen LogP contribution in [0.4, 0.5) is 5.69 Å². The summed E-state index contributed by atoms with van der Waals surface area (Å²) in [6.07, 6.45) is 1.95. The van der Waals surface area contributed by atoms with Crippen molar-refractivity contribution in [3.8, 4) is 16.3 Å². The molecule has 2 amide bonds. The van der Waals surface area contributed by atoms with Gasteiger partial charge in [-0.15, -0.1) is 11.3 Å². The molecular formula is C24H25N3O3S. The lowest BCUT2D eigenvalue weighted by Gasteiger charge is -2.14. The Balaban J connectivity index is 1.36. The summed E-state index contributed by atoms with van der Waals surface area (Å²) < 4.78 is 5.46. The van der Waals surface area contributed by atoms with Crippen LogP contribution in [0.5, 0.6) is 5.75 Å². The summed E-state index contributed by atoms with van der Waals surface area (Å²) in [5.74, 6) is 0.851. The van der Waals surface area contributed by atoms with E-state index >= 15 is 0 Å². The molecule has 0 radical (unpaired) electrons. The summed E-state index contributed by atoms with van der Waals surface area (Å²) in [5.41, 5.74) is 3.08. The van der Waals surface area contributed by atoms with Crippen LogP contribution >= 0.6 is 11.3 Å². The van der Waals surface area contributed by atoms with E-state index in [1.165, 1.54) is 11.3 Å². The number of ether oxygens (including phenoxy) is 1. The molecule has 31 heavy (non-hydrogen) atoms. The zero-order valence-electron chi connectivity index (χ0n) is 17.6. The van der Waals surface area contributed by atoms with E-state index in [1.807, 2.05) is 62.4 Å². The number of nitrogens with zero attached hydrogens (tertiary/aromatic N) is 1. The van der Waals surface area contributed by atoms with Gasteiger partial charge in [0.15, 0.2) is 0 Å². The Morgan fingerprint density at radius 2 is 1.84 bits per heavy atom.